The van der Waals surface area contributed by atoms with E-state index in [-0.39, 0.29) is 23.8 Å². The number of rotatable bonds is 9. The number of likely N-dealkylation sites (tertiary alicyclic amines) is 1. The van der Waals surface area contributed by atoms with Gasteiger partial charge in [0.15, 0.2) is 0 Å². The second-order valence-corrected chi connectivity index (χ2v) is 9.85. The lowest BCUT2D eigenvalue weighted by Crippen LogP contribution is -2.29. The number of aryl methyl sites for hydroxylation is 1. The van der Waals surface area contributed by atoms with Crippen LogP contribution in [0.15, 0.2) is 48.7 Å². The fourth-order valence-electron chi connectivity index (χ4n) is 6.06. The summed E-state index contributed by atoms with van der Waals surface area (Å²) < 4.78 is 21.3. The van der Waals surface area contributed by atoms with Gasteiger partial charge in [-0.25, -0.2) is 9.67 Å². The smallest absolute Gasteiger partial charge is 0.213 e. The molecule has 0 amide bonds. The molecule has 0 unspecified atom stereocenters. The number of methoxy groups -OCH3 is 1. The monoisotopic (exact) mass is 476 g/mol. The summed E-state index contributed by atoms with van der Waals surface area (Å²) >= 11 is 0. The molecule has 6 nitrogen and oxygen atoms in total. The van der Waals surface area contributed by atoms with Gasteiger partial charge in [-0.1, -0.05) is 18.2 Å². The SMILES string of the molecule is COCC[C@@H]1C[C@@H](CC(=O)Cc2c3c(nn2-c2ccccc2)CCC3)[C@H](c2ccnc(F)c2)N1C. The van der Waals surface area contributed by atoms with Gasteiger partial charge in [-0.3, -0.25) is 9.69 Å². The molecule has 2 aliphatic rings. The van der Waals surface area contributed by atoms with Gasteiger partial charge in [0.2, 0.25) is 5.95 Å². The van der Waals surface area contributed by atoms with Gasteiger partial charge in [-0.15, -0.1) is 0 Å². The van der Waals surface area contributed by atoms with Gasteiger partial charge in [0.25, 0.3) is 0 Å². The van der Waals surface area contributed by atoms with E-state index >= 15 is 0 Å². The van der Waals surface area contributed by atoms with E-state index in [9.17, 15) is 9.18 Å². The number of pyridine rings is 1. The van der Waals surface area contributed by atoms with Crippen molar-refractivity contribution in [3.63, 3.8) is 0 Å². The minimum Gasteiger partial charge on any atom is -0.385 e. The quantitative estimate of drug-likeness (QED) is 0.426. The molecule has 3 heterocycles. The topological polar surface area (TPSA) is 60.2 Å². The second kappa shape index (κ2) is 10.4. The van der Waals surface area contributed by atoms with Crippen LogP contribution < -0.4 is 0 Å². The standard InChI is InChI=1S/C28H33FN4O2/c1-32-22(12-14-35-2)15-20(28(32)19-11-13-30-27(29)17-19)16-23(34)18-26-24-9-6-10-25(24)31-33(26)21-7-4-3-5-8-21/h3-5,7-8,11,13,17,20,22,28H,6,9-10,12,14-16,18H2,1-2H3/t20-,22+,28-/m0/s1. The first-order chi connectivity index (χ1) is 17.0. The molecule has 0 saturated carbocycles. The second-order valence-electron chi connectivity index (χ2n) is 9.85. The van der Waals surface area contributed by atoms with Crippen molar-refractivity contribution in [1.82, 2.24) is 19.7 Å². The Morgan fingerprint density at radius 2 is 2.03 bits per heavy atom. The number of para-hydroxylation sites is 1. The molecule has 0 spiro atoms. The molecular weight excluding hydrogens is 443 g/mol. The van der Waals surface area contributed by atoms with Crippen molar-refractivity contribution < 1.29 is 13.9 Å². The number of ether oxygens (including phenoxy) is 1. The number of halogens is 1. The Bertz CT molecular complexity index is 1180. The van der Waals surface area contributed by atoms with Crippen LogP contribution in [0.5, 0.6) is 0 Å². The van der Waals surface area contributed by atoms with Crippen LogP contribution in [0.25, 0.3) is 5.69 Å². The average molecular weight is 477 g/mol. The fraction of sp³-hybridized carbons (Fsp3) is 0.464. The number of hydrogen-bond acceptors (Lipinski definition) is 5. The number of aromatic nitrogens is 3. The molecular formula is C28H33FN4O2. The molecule has 0 radical (unpaired) electrons. The summed E-state index contributed by atoms with van der Waals surface area (Å²) in [6.45, 7) is 0.662. The third-order valence-corrected chi connectivity index (χ3v) is 7.65. The molecule has 3 aromatic rings. The van der Waals surface area contributed by atoms with E-state index in [0.29, 0.717) is 19.4 Å². The van der Waals surface area contributed by atoms with Crippen LogP contribution >= 0.6 is 0 Å². The highest BCUT2D eigenvalue weighted by atomic mass is 19.1. The summed E-state index contributed by atoms with van der Waals surface area (Å²) in [5.41, 5.74) is 5.28. The summed E-state index contributed by atoms with van der Waals surface area (Å²) in [7, 11) is 3.78. The number of carbonyl (C=O) groups excluding carboxylic acids is 1. The highest BCUT2D eigenvalue weighted by molar-refractivity contribution is 5.81. The first-order valence-corrected chi connectivity index (χ1v) is 12.5. The van der Waals surface area contributed by atoms with E-state index in [1.807, 2.05) is 41.1 Å². The van der Waals surface area contributed by atoms with Crippen LogP contribution in [-0.4, -0.2) is 52.3 Å². The maximum absolute atomic E-state index is 14.0. The number of fused-ring (bicyclic) bond motifs is 1. The van der Waals surface area contributed by atoms with E-state index in [2.05, 4.69) is 16.9 Å². The molecule has 1 saturated heterocycles. The minimum absolute atomic E-state index is 0.0249. The Morgan fingerprint density at radius 3 is 2.80 bits per heavy atom. The predicted octanol–water partition coefficient (Wildman–Crippen LogP) is 4.49. The molecule has 2 aromatic heterocycles. The van der Waals surface area contributed by atoms with E-state index in [4.69, 9.17) is 9.84 Å². The summed E-state index contributed by atoms with van der Waals surface area (Å²) in [6.07, 6.45) is 7.16. The summed E-state index contributed by atoms with van der Waals surface area (Å²) in [6, 6.07) is 13.7. The fourth-order valence-corrected chi connectivity index (χ4v) is 6.06. The third-order valence-electron chi connectivity index (χ3n) is 7.65. The summed E-state index contributed by atoms with van der Waals surface area (Å²) in [5, 5.41) is 4.87. The number of carbonyl (C=O) groups is 1. The van der Waals surface area contributed by atoms with Crippen LogP contribution in [0.2, 0.25) is 0 Å². The van der Waals surface area contributed by atoms with Gasteiger partial charge >= 0.3 is 0 Å². The number of hydrogen-bond donors (Lipinski definition) is 0. The Labute approximate surface area is 206 Å². The Hall–Kier alpha value is -2.90. The molecule has 0 bridgehead atoms. The molecule has 3 atom stereocenters. The first kappa shape index (κ1) is 23.8. The zero-order valence-electron chi connectivity index (χ0n) is 20.5. The Balaban J connectivity index is 1.39. The van der Waals surface area contributed by atoms with Crippen LogP contribution in [0, 0.1) is 11.9 Å². The maximum atomic E-state index is 14.0. The minimum atomic E-state index is -0.483. The van der Waals surface area contributed by atoms with Crippen LogP contribution in [0.4, 0.5) is 4.39 Å². The van der Waals surface area contributed by atoms with Gasteiger partial charge in [-0.05, 0) is 80.5 Å². The Kier molecular flexibility index (Phi) is 7.07. The number of ketones is 1. The zero-order valence-corrected chi connectivity index (χ0v) is 20.5. The molecule has 1 aliphatic heterocycles. The highest BCUT2D eigenvalue weighted by Gasteiger charge is 2.40. The number of nitrogens with zero attached hydrogens (tertiary/aromatic N) is 4. The molecule has 0 N–H and O–H groups in total. The highest BCUT2D eigenvalue weighted by Crippen LogP contribution is 2.43. The van der Waals surface area contributed by atoms with Crippen LogP contribution in [0.1, 0.15) is 54.2 Å². The van der Waals surface area contributed by atoms with Crippen LogP contribution in [0.3, 0.4) is 0 Å². The van der Waals surface area contributed by atoms with Crippen molar-refractivity contribution in [3.8, 4) is 5.69 Å². The van der Waals surface area contributed by atoms with Crippen molar-refractivity contribution in [2.45, 2.75) is 57.0 Å². The third kappa shape index (κ3) is 4.93. The zero-order chi connectivity index (χ0) is 24.4. The van der Waals surface area contributed by atoms with Gasteiger partial charge < -0.3 is 4.74 Å². The van der Waals surface area contributed by atoms with Crippen molar-refractivity contribution in [2.75, 3.05) is 20.8 Å². The summed E-state index contributed by atoms with van der Waals surface area (Å²) in [5.74, 6) is -0.164. The average Bonchev–Trinajstić information content (AvgIpc) is 3.53. The molecule has 1 aromatic carbocycles. The molecule has 1 fully saturated rings. The Morgan fingerprint density at radius 1 is 1.20 bits per heavy atom. The van der Waals surface area contributed by atoms with Crippen LogP contribution in [-0.2, 0) is 28.8 Å². The number of benzene rings is 1. The number of Topliss-reactive ketones (excluding diaryl/α,β-unsaturated/α-hetero) is 1. The maximum Gasteiger partial charge on any atom is 0.213 e. The normalized spacial score (nSPS) is 22.0. The van der Waals surface area contributed by atoms with Gasteiger partial charge in [0, 0.05) is 44.8 Å². The first-order valence-electron chi connectivity index (χ1n) is 12.5. The lowest BCUT2D eigenvalue weighted by Gasteiger charge is -2.28. The molecule has 5 rings (SSSR count). The van der Waals surface area contributed by atoms with Crippen molar-refractivity contribution in [2.24, 2.45) is 5.92 Å². The summed E-state index contributed by atoms with van der Waals surface area (Å²) in [4.78, 5) is 19.6. The predicted molar refractivity (Wildman–Crippen MR) is 132 cm³/mol. The van der Waals surface area contributed by atoms with Gasteiger partial charge in [-0.2, -0.15) is 9.49 Å². The molecule has 184 valence electrons. The lowest BCUT2D eigenvalue weighted by molar-refractivity contribution is -0.119. The molecule has 35 heavy (non-hydrogen) atoms. The van der Waals surface area contributed by atoms with E-state index < -0.39 is 5.95 Å². The van der Waals surface area contributed by atoms with Gasteiger partial charge in [0.1, 0.15) is 5.78 Å². The van der Waals surface area contributed by atoms with Gasteiger partial charge in [0.05, 0.1) is 17.1 Å². The molecule has 7 heteroatoms. The van der Waals surface area contributed by atoms with Crippen molar-refractivity contribution in [1.29, 1.82) is 0 Å². The largest absolute Gasteiger partial charge is 0.385 e. The van der Waals surface area contributed by atoms with E-state index in [0.717, 1.165) is 54.7 Å². The molecule has 1 aliphatic carbocycles. The van der Waals surface area contributed by atoms with E-state index in [1.54, 1.807) is 7.11 Å². The lowest BCUT2D eigenvalue weighted by atomic mass is 9.88. The van der Waals surface area contributed by atoms with Crippen molar-refractivity contribution >= 4 is 5.78 Å². The van der Waals surface area contributed by atoms with E-state index in [1.165, 1.54) is 17.8 Å². The van der Waals surface area contributed by atoms with Crippen molar-refractivity contribution in [3.05, 3.63) is 77.1 Å².